The zero-order valence-electron chi connectivity index (χ0n) is 15.7. The van der Waals surface area contributed by atoms with Gasteiger partial charge in [-0.3, -0.25) is 4.79 Å². The van der Waals surface area contributed by atoms with Crippen molar-refractivity contribution in [3.8, 4) is 0 Å². The summed E-state index contributed by atoms with van der Waals surface area (Å²) in [5.74, 6) is -0.402. The number of aliphatic carboxylic acids is 1. The molecule has 0 heterocycles. The van der Waals surface area contributed by atoms with Gasteiger partial charge >= 0.3 is 5.97 Å². The fourth-order valence-electron chi connectivity index (χ4n) is 2.35. The number of nitrogens with zero attached hydrogens (tertiary/aromatic N) is 1. The zero-order chi connectivity index (χ0) is 17.4. The largest absolute Gasteiger partial charge is 0.481 e. The van der Waals surface area contributed by atoms with Crippen LogP contribution >= 0.6 is 0 Å². The lowest BCUT2D eigenvalue weighted by Gasteiger charge is -2.23. The van der Waals surface area contributed by atoms with E-state index in [0.717, 1.165) is 26.0 Å². The van der Waals surface area contributed by atoms with Crippen molar-refractivity contribution in [3.63, 3.8) is 0 Å². The first-order valence-electron chi connectivity index (χ1n) is 8.96. The SMILES string of the molecule is CC.CCCCCOCCCC(CN(C)CC(C)C)C(=O)O. The van der Waals surface area contributed by atoms with Crippen LogP contribution in [0.3, 0.4) is 0 Å². The molecule has 0 spiro atoms. The second-order valence-electron chi connectivity index (χ2n) is 6.11. The van der Waals surface area contributed by atoms with Crippen molar-refractivity contribution in [1.82, 2.24) is 4.90 Å². The topological polar surface area (TPSA) is 49.8 Å². The molecule has 1 atom stereocenters. The molecule has 0 radical (unpaired) electrons. The molecule has 22 heavy (non-hydrogen) atoms. The lowest BCUT2D eigenvalue weighted by Crippen LogP contribution is -2.33. The van der Waals surface area contributed by atoms with Crippen LogP contribution in [-0.2, 0) is 9.53 Å². The minimum Gasteiger partial charge on any atom is -0.481 e. The average Bonchev–Trinajstić information content (AvgIpc) is 2.46. The molecule has 0 aliphatic rings. The Labute approximate surface area is 138 Å². The Bertz CT molecular complexity index is 244. The number of hydrogen-bond acceptors (Lipinski definition) is 3. The fourth-order valence-corrected chi connectivity index (χ4v) is 2.35. The number of carbonyl (C=O) groups is 1. The molecule has 1 unspecified atom stereocenters. The van der Waals surface area contributed by atoms with Gasteiger partial charge in [0.05, 0.1) is 5.92 Å². The Hall–Kier alpha value is -0.610. The molecular formula is C18H39NO3. The van der Waals surface area contributed by atoms with Crippen LogP contribution in [-0.4, -0.2) is 49.3 Å². The Balaban J connectivity index is 0. The van der Waals surface area contributed by atoms with E-state index in [2.05, 4.69) is 25.7 Å². The Morgan fingerprint density at radius 1 is 1.09 bits per heavy atom. The molecule has 0 saturated carbocycles. The highest BCUT2D eigenvalue weighted by atomic mass is 16.5. The fraction of sp³-hybridized carbons (Fsp3) is 0.944. The Morgan fingerprint density at radius 2 is 1.68 bits per heavy atom. The Kier molecular flexibility index (Phi) is 18.0. The maximum Gasteiger partial charge on any atom is 0.307 e. The minimum absolute atomic E-state index is 0.280. The van der Waals surface area contributed by atoms with Gasteiger partial charge in [-0.25, -0.2) is 0 Å². The molecule has 0 aromatic rings. The average molecular weight is 318 g/mol. The van der Waals surface area contributed by atoms with Gasteiger partial charge in [0.15, 0.2) is 0 Å². The third kappa shape index (κ3) is 15.8. The molecule has 0 aliphatic carbocycles. The maximum absolute atomic E-state index is 11.3. The molecule has 0 bridgehead atoms. The number of carboxylic acid groups (broad SMARTS) is 1. The van der Waals surface area contributed by atoms with E-state index in [0.29, 0.717) is 25.5 Å². The highest BCUT2D eigenvalue weighted by molar-refractivity contribution is 5.70. The molecule has 0 rings (SSSR count). The molecule has 0 amide bonds. The summed E-state index contributed by atoms with van der Waals surface area (Å²) in [4.78, 5) is 13.4. The van der Waals surface area contributed by atoms with E-state index in [1.165, 1.54) is 12.8 Å². The molecule has 4 heteroatoms. The van der Waals surface area contributed by atoms with Crippen molar-refractivity contribution in [2.45, 2.75) is 66.7 Å². The van der Waals surface area contributed by atoms with Crippen LogP contribution in [0.5, 0.6) is 0 Å². The van der Waals surface area contributed by atoms with Crippen molar-refractivity contribution < 1.29 is 14.6 Å². The van der Waals surface area contributed by atoms with Crippen molar-refractivity contribution in [2.24, 2.45) is 11.8 Å². The van der Waals surface area contributed by atoms with Crippen LogP contribution in [0.15, 0.2) is 0 Å². The van der Waals surface area contributed by atoms with Crippen LogP contribution in [0.25, 0.3) is 0 Å². The van der Waals surface area contributed by atoms with Crippen LogP contribution in [0, 0.1) is 11.8 Å². The molecule has 0 saturated heterocycles. The highest BCUT2D eigenvalue weighted by Gasteiger charge is 2.19. The van der Waals surface area contributed by atoms with Crippen molar-refractivity contribution >= 4 is 5.97 Å². The van der Waals surface area contributed by atoms with Gasteiger partial charge in [-0.1, -0.05) is 47.5 Å². The molecule has 0 fully saturated rings. The summed E-state index contributed by atoms with van der Waals surface area (Å²) in [7, 11) is 2.00. The summed E-state index contributed by atoms with van der Waals surface area (Å²) in [5.41, 5.74) is 0. The van der Waals surface area contributed by atoms with Crippen LogP contribution < -0.4 is 0 Å². The quantitative estimate of drug-likeness (QED) is 0.515. The third-order valence-electron chi connectivity index (χ3n) is 3.29. The molecule has 4 nitrogen and oxygen atoms in total. The lowest BCUT2D eigenvalue weighted by molar-refractivity contribution is -0.142. The summed E-state index contributed by atoms with van der Waals surface area (Å²) >= 11 is 0. The third-order valence-corrected chi connectivity index (χ3v) is 3.29. The standard InChI is InChI=1S/C16H33NO3.C2H6/c1-5-6-7-10-20-11-8-9-15(16(18)19)13-17(4)12-14(2)3;1-2/h14-15H,5-13H2,1-4H3,(H,18,19);1-2H3. The van der Waals surface area contributed by atoms with Crippen molar-refractivity contribution in [3.05, 3.63) is 0 Å². The first kappa shape index (κ1) is 23.7. The van der Waals surface area contributed by atoms with Gasteiger partial charge in [0.25, 0.3) is 0 Å². The first-order chi connectivity index (χ1) is 10.5. The van der Waals surface area contributed by atoms with Gasteiger partial charge in [-0.15, -0.1) is 0 Å². The molecule has 0 aromatic carbocycles. The van der Waals surface area contributed by atoms with Gasteiger partial charge in [-0.2, -0.15) is 0 Å². The van der Waals surface area contributed by atoms with Gasteiger partial charge in [-0.05, 0) is 32.2 Å². The van der Waals surface area contributed by atoms with Gasteiger partial charge in [0.2, 0.25) is 0 Å². The van der Waals surface area contributed by atoms with E-state index in [-0.39, 0.29) is 5.92 Å². The van der Waals surface area contributed by atoms with Crippen molar-refractivity contribution in [2.75, 3.05) is 33.4 Å². The van der Waals surface area contributed by atoms with Gasteiger partial charge in [0, 0.05) is 26.3 Å². The van der Waals surface area contributed by atoms with E-state index >= 15 is 0 Å². The van der Waals surface area contributed by atoms with Gasteiger partial charge in [0.1, 0.15) is 0 Å². The van der Waals surface area contributed by atoms with Gasteiger partial charge < -0.3 is 14.7 Å². The lowest BCUT2D eigenvalue weighted by atomic mass is 10.0. The first-order valence-corrected chi connectivity index (χ1v) is 8.96. The van der Waals surface area contributed by atoms with Crippen LogP contribution in [0.2, 0.25) is 0 Å². The predicted molar refractivity (Wildman–Crippen MR) is 94.4 cm³/mol. The summed E-state index contributed by atoms with van der Waals surface area (Å²) < 4.78 is 5.53. The number of ether oxygens (including phenoxy) is 1. The summed E-state index contributed by atoms with van der Waals surface area (Å²) in [6.07, 6.45) is 5.05. The van der Waals surface area contributed by atoms with E-state index in [9.17, 15) is 9.90 Å². The normalized spacial score (nSPS) is 12.2. The Morgan fingerprint density at radius 3 is 2.18 bits per heavy atom. The second kappa shape index (κ2) is 16.8. The summed E-state index contributed by atoms with van der Waals surface area (Å²) in [5, 5.41) is 9.26. The smallest absolute Gasteiger partial charge is 0.307 e. The maximum atomic E-state index is 11.3. The number of rotatable bonds is 13. The predicted octanol–water partition coefficient (Wildman–Crippen LogP) is 4.29. The minimum atomic E-state index is -0.688. The van der Waals surface area contributed by atoms with E-state index in [4.69, 9.17) is 4.74 Å². The summed E-state index contributed by atoms with van der Waals surface area (Å²) in [6.45, 7) is 13.5. The molecule has 1 N–H and O–H groups in total. The zero-order valence-corrected chi connectivity index (χ0v) is 15.7. The summed E-state index contributed by atoms with van der Waals surface area (Å²) in [6, 6.07) is 0. The molecule has 0 aliphatic heterocycles. The number of hydrogen-bond donors (Lipinski definition) is 1. The van der Waals surface area contributed by atoms with E-state index in [1.54, 1.807) is 0 Å². The molecular weight excluding hydrogens is 278 g/mol. The highest BCUT2D eigenvalue weighted by Crippen LogP contribution is 2.10. The monoisotopic (exact) mass is 317 g/mol. The van der Waals surface area contributed by atoms with E-state index < -0.39 is 5.97 Å². The number of carboxylic acids is 1. The second-order valence-corrected chi connectivity index (χ2v) is 6.11. The van der Waals surface area contributed by atoms with Crippen molar-refractivity contribution in [1.29, 1.82) is 0 Å². The number of unbranched alkanes of at least 4 members (excludes halogenated alkanes) is 2. The molecule has 134 valence electrons. The van der Waals surface area contributed by atoms with E-state index in [1.807, 2.05) is 20.9 Å². The molecule has 0 aromatic heterocycles. The van der Waals surface area contributed by atoms with Crippen LogP contribution in [0.4, 0.5) is 0 Å². The van der Waals surface area contributed by atoms with Crippen LogP contribution in [0.1, 0.15) is 66.7 Å².